The van der Waals surface area contributed by atoms with Crippen molar-refractivity contribution >= 4 is 48.8 Å². The Kier molecular flexibility index (Phi) is 5.95. The number of halogens is 1. The van der Waals surface area contributed by atoms with Crippen LogP contribution in [0.1, 0.15) is 12.0 Å². The fourth-order valence-electron chi connectivity index (χ4n) is 4.19. The van der Waals surface area contributed by atoms with Crippen LogP contribution < -0.4 is 4.72 Å². The molecule has 33 heavy (non-hydrogen) atoms. The van der Waals surface area contributed by atoms with Gasteiger partial charge in [-0.3, -0.25) is 4.79 Å². The molecule has 2 N–H and O–H groups in total. The number of thiophene rings is 1. The van der Waals surface area contributed by atoms with Gasteiger partial charge in [0.25, 0.3) is 10.0 Å². The fourth-order valence-corrected chi connectivity index (χ4v) is 8.46. The van der Waals surface area contributed by atoms with E-state index in [1.165, 1.54) is 6.07 Å². The minimum atomic E-state index is -4.26. The first-order valence-corrected chi connectivity index (χ1v) is 14.5. The first-order chi connectivity index (χ1) is 15.4. The van der Waals surface area contributed by atoms with E-state index in [0.29, 0.717) is 15.5 Å². The summed E-state index contributed by atoms with van der Waals surface area (Å²) in [4.78, 5) is 13.1. The lowest BCUT2D eigenvalue weighted by Gasteiger charge is -2.23. The summed E-state index contributed by atoms with van der Waals surface area (Å²) in [6.45, 7) is 0. The van der Waals surface area contributed by atoms with Gasteiger partial charge in [0.2, 0.25) is 0 Å². The lowest BCUT2D eigenvalue weighted by molar-refractivity contribution is -0.140. The topological polar surface area (TPSA) is 118 Å². The molecule has 7 nitrogen and oxygen atoms in total. The number of aliphatic carboxylic acids is 1. The van der Waals surface area contributed by atoms with Gasteiger partial charge in [0.05, 0.1) is 5.75 Å². The summed E-state index contributed by atoms with van der Waals surface area (Å²) in [5.74, 6) is -1.92. The Labute approximate surface area is 201 Å². The van der Waals surface area contributed by atoms with Crippen LogP contribution in [0.15, 0.2) is 70.9 Å². The van der Waals surface area contributed by atoms with Gasteiger partial charge in [0, 0.05) is 21.6 Å². The molecule has 2 aromatic carbocycles. The third-order valence-electron chi connectivity index (χ3n) is 5.74. The van der Waals surface area contributed by atoms with Crippen LogP contribution in [0.2, 0.25) is 5.02 Å². The van der Waals surface area contributed by atoms with Gasteiger partial charge in [-0.15, -0.1) is 11.3 Å². The molecule has 1 aliphatic carbocycles. The van der Waals surface area contributed by atoms with Gasteiger partial charge < -0.3 is 5.11 Å². The Balaban J connectivity index is 1.72. The molecule has 0 bridgehead atoms. The zero-order valence-corrected chi connectivity index (χ0v) is 20.6. The van der Waals surface area contributed by atoms with Crippen LogP contribution in [0.5, 0.6) is 0 Å². The van der Waals surface area contributed by atoms with Gasteiger partial charge in [0.15, 0.2) is 0 Å². The van der Waals surface area contributed by atoms with Gasteiger partial charge in [-0.2, -0.15) is 4.72 Å². The van der Waals surface area contributed by atoms with E-state index in [2.05, 4.69) is 4.72 Å². The monoisotopic (exact) mass is 525 g/mol. The molecule has 1 unspecified atom stereocenters. The van der Waals surface area contributed by atoms with Gasteiger partial charge in [-0.1, -0.05) is 54.1 Å². The largest absolute Gasteiger partial charge is 0.480 e. The van der Waals surface area contributed by atoms with Crippen LogP contribution in [0.25, 0.3) is 10.4 Å². The number of rotatable bonds is 8. The molecule has 1 fully saturated rings. The average molecular weight is 526 g/mol. The second kappa shape index (κ2) is 8.21. The van der Waals surface area contributed by atoms with E-state index >= 15 is 0 Å². The fraction of sp³-hybridized carbons (Fsp3) is 0.227. The highest BCUT2D eigenvalue weighted by Gasteiger charge is 2.75. The van der Waals surface area contributed by atoms with Crippen molar-refractivity contribution in [1.29, 1.82) is 0 Å². The zero-order chi connectivity index (χ0) is 24.1. The van der Waals surface area contributed by atoms with Crippen molar-refractivity contribution in [3.63, 3.8) is 0 Å². The maximum Gasteiger partial charge on any atom is 0.325 e. The number of nitrogens with one attached hydrogen (secondary N) is 1. The maximum absolute atomic E-state index is 13.2. The third-order valence-corrected chi connectivity index (χ3v) is 10.1. The predicted molar refractivity (Wildman–Crippen MR) is 128 cm³/mol. The van der Waals surface area contributed by atoms with Crippen molar-refractivity contribution in [2.45, 2.75) is 21.6 Å². The molecule has 174 valence electrons. The Morgan fingerprint density at radius 1 is 1.03 bits per heavy atom. The Morgan fingerprint density at radius 3 is 2.24 bits per heavy atom. The Bertz CT molecular complexity index is 1420. The molecule has 0 spiro atoms. The average Bonchev–Trinajstić information content (AvgIpc) is 3.10. The van der Waals surface area contributed by atoms with Gasteiger partial charge in [-0.05, 0) is 41.8 Å². The van der Waals surface area contributed by atoms with Crippen LogP contribution in [0.4, 0.5) is 0 Å². The van der Waals surface area contributed by atoms with Crippen LogP contribution in [0, 0.1) is 0 Å². The second-order valence-corrected chi connectivity index (χ2v) is 13.7. The van der Waals surface area contributed by atoms with Gasteiger partial charge in [-0.25, -0.2) is 16.8 Å². The van der Waals surface area contributed by atoms with Crippen LogP contribution >= 0.6 is 22.9 Å². The number of sulfone groups is 1. The summed E-state index contributed by atoms with van der Waals surface area (Å²) in [5, 5.41) is 10.6. The van der Waals surface area contributed by atoms with Gasteiger partial charge in [0.1, 0.15) is 19.6 Å². The summed E-state index contributed by atoms with van der Waals surface area (Å²) in [7, 11) is -7.90. The highest BCUT2D eigenvalue weighted by molar-refractivity contribution is 7.92. The number of carbonyl (C=O) groups is 1. The van der Waals surface area contributed by atoms with Crippen molar-refractivity contribution in [2.75, 3.05) is 12.0 Å². The maximum atomic E-state index is 13.2. The minimum absolute atomic E-state index is 0.0682. The predicted octanol–water partition coefficient (Wildman–Crippen LogP) is 3.56. The van der Waals surface area contributed by atoms with E-state index in [4.69, 9.17) is 11.6 Å². The molecule has 0 saturated heterocycles. The van der Waals surface area contributed by atoms with Crippen molar-refractivity contribution in [2.24, 2.45) is 0 Å². The number of hydrogen-bond acceptors (Lipinski definition) is 6. The molecule has 0 aliphatic heterocycles. The van der Waals surface area contributed by atoms with Gasteiger partial charge >= 0.3 is 5.97 Å². The number of carboxylic acid groups (broad SMARTS) is 1. The van der Waals surface area contributed by atoms with Crippen LogP contribution in [0.3, 0.4) is 0 Å². The van der Waals surface area contributed by atoms with Crippen LogP contribution in [-0.4, -0.2) is 45.5 Å². The second-order valence-electron chi connectivity index (χ2n) is 8.14. The third kappa shape index (κ3) is 4.45. The lowest BCUT2D eigenvalue weighted by Crippen LogP contribution is -2.50. The SMILES string of the molecule is CS(=O)(=O)C[C@@]1(c2ccccc2)CC1(NS(=O)(=O)c1ccc(-c2ccc(Cl)cc2)s1)C(=O)O. The summed E-state index contributed by atoms with van der Waals surface area (Å²) in [6, 6.07) is 18.2. The molecule has 0 amide bonds. The number of carboxylic acids is 1. The molecule has 11 heteroatoms. The van der Waals surface area contributed by atoms with Crippen molar-refractivity contribution in [1.82, 2.24) is 4.72 Å². The number of benzene rings is 2. The van der Waals surface area contributed by atoms with E-state index in [-0.39, 0.29) is 10.6 Å². The summed E-state index contributed by atoms with van der Waals surface area (Å²) in [6.07, 6.45) is 0.829. The normalized spacial score (nSPS) is 22.7. The quantitative estimate of drug-likeness (QED) is 0.464. The molecule has 0 radical (unpaired) electrons. The minimum Gasteiger partial charge on any atom is -0.480 e. The first kappa shape index (κ1) is 23.9. The Morgan fingerprint density at radius 2 is 1.67 bits per heavy atom. The van der Waals surface area contributed by atoms with Crippen molar-refractivity contribution < 1.29 is 26.7 Å². The van der Waals surface area contributed by atoms with Crippen LogP contribution in [-0.2, 0) is 30.1 Å². The molecule has 4 rings (SSSR count). The summed E-state index contributed by atoms with van der Waals surface area (Å²) >= 11 is 6.89. The lowest BCUT2D eigenvalue weighted by atomic mass is 9.92. The van der Waals surface area contributed by atoms with Crippen molar-refractivity contribution in [3.05, 3.63) is 77.3 Å². The van der Waals surface area contributed by atoms with Crippen molar-refractivity contribution in [3.8, 4) is 10.4 Å². The summed E-state index contributed by atoms with van der Waals surface area (Å²) < 4.78 is 53.2. The highest BCUT2D eigenvalue weighted by Crippen LogP contribution is 2.59. The first-order valence-electron chi connectivity index (χ1n) is 9.75. The van der Waals surface area contributed by atoms with E-state index in [1.807, 2.05) is 0 Å². The molecule has 1 aliphatic rings. The standard InChI is InChI=1S/C22H20ClNO6S3/c1-32(27,28)14-21(16-5-3-2-4-6-16)13-22(21,20(25)26)24-33(29,30)19-12-11-18(31-19)15-7-9-17(23)10-8-15/h2-12,24H,13-14H2,1H3,(H,25,26)/t21-,22?/m1/s1. The van der Waals surface area contributed by atoms with E-state index < -0.39 is 42.5 Å². The van der Waals surface area contributed by atoms with E-state index in [1.54, 1.807) is 60.7 Å². The molecular weight excluding hydrogens is 506 g/mol. The van der Waals surface area contributed by atoms with E-state index in [0.717, 1.165) is 23.2 Å². The number of sulfonamides is 1. The highest BCUT2D eigenvalue weighted by atomic mass is 35.5. The molecule has 1 saturated carbocycles. The van der Waals surface area contributed by atoms with E-state index in [9.17, 15) is 26.7 Å². The Hall–Kier alpha value is -2.24. The molecule has 1 aromatic heterocycles. The molecular formula is C22H20ClNO6S3. The molecule has 3 aromatic rings. The molecule has 1 heterocycles. The number of hydrogen-bond donors (Lipinski definition) is 2. The zero-order valence-electron chi connectivity index (χ0n) is 17.4. The smallest absolute Gasteiger partial charge is 0.325 e. The summed E-state index contributed by atoms with van der Waals surface area (Å²) in [5.41, 5.74) is -2.19. The molecule has 2 atom stereocenters.